The van der Waals surface area contributed by atoms with E-state index in [0.717, 1.165) is 24.3 Å². The van der Waals surface area contributed by atoms with Crippen molar-refractivity contribution >= 4 is 57.2 Å². The molecule has 6 aromatic carbocycles. The molecule has 2 fully saturated rings. The fourth-order valence-electron chi connectivity index (χ4n) is 11.1. The zero-order valence-electron chi connectivity index (χ0n) is 49.7. The predicted molar refractivity (Wildman–Crippen MR) is 329 cm³/mol. The molecule has 2 N–H and O–H groups in total. The SMILES string of the molecule is CC(C)O[C@H]1COC[C@H]1n1c(Cc2cc(F)c(-c3cccc(OCc4ccc(Cl)cc4F)n3)cc2F)nc2ccc(C(=O)O)cc21.CC(C)O[C@H]1COC[C@H]1n1c(Cc2cc(F)c(-c3cccc(OCc4ccc(Cl)cc4F)n3)cc2F)nc2ccc(C(=O)O)cc21. The third-order valence-corrected chi connectivity index (χ3v) is 15.8. The van der Waals surface area contributed by atoms with Gasteiger partial charge in [-0.05, 0) is 136 Å². The lowest BCUT2D eigenvalue weighted by molar-refractivity contribution is -0.0112. The molecule has 24 heteroatoms. The highest BCUT2D eigenvalue weighted by Crippen LogP contribution is 2.36. The summed E-state index contributed by atoms with van der Waals surface area (Å²) >= 11 is 11.6. The Hall–Kier alpha value is -8.90. The Morgan fingerprint density at radius 1 is 0.500 bits per heavy atom. The molecule has 2 aliphatic rings. The number of hydrogen-bond acceptors (Lipinski definition) is 12. The summed E-state index contributed by atoms with van der Waals surface area (Å²) in [5.41, 5.74) is 2.90. The van der Waals surface area contributed by atoms with Crippen molar-refractivity contribution in [1.29, 1.82) is 0 Å². The van der Waals surface area contributed by atoms with E-state index >= 15 is 17.6 Å². The molecule has 16 nitrogen and oxygen atoms in total. The first kappa shape index (κ1) is 64.6. The second-order valence-electron chi connectivity index (χ2n) is 22.4. The van der Waals surface area contributed by atoms with E-state index in [2.05, 4.69) is 9.97 Å². The number of carboxylic acid groups (broad SMARTS) is 2. The summed E-state index contributed by atoms with van der Waals surface area (Å²) < 4.78 is 129. The van der Waals surface area contributed by atoms with Gasteiger partial charge in [0.15, 0.2) is 0 Å². The zero-order valence-corrected chi connectivity index (χ0v) is 51.2. The first-order valence-corrected chi connectivity index (χ1v) is 29.9. The van der Waals surface area contributed by atoms with Crippen LogP contribution >= 0.6 is 23.2 Å². The minimum atomic E-state index is -1.10. The van der Waals surface area contributed by atoms with Gasteiger partial charge in [-0.25, -0.2) is 55.9 Å². The molecule has 0 unspecified atom stereocenters. The number of halogens is 8. The average molecular weight is 1300 g/mol. The summed E-state index contributed by atoms with van der Waals surface area (Å²) in [6.07, 6.45) is -1.09. The van der Waals surface area contributed by atoms with E-state index in [4.69, 9.17) is 61.6 Å². The van der Waals surface area contributed by atoms with Crippen LogP contribution in [0.15, 0.2) is 133 Å². The van der Waals surface area contributed by atoms with Crippen LogP contribution in [0.4, 0.5) is 26.3 Å². The molecule has 0 bridgehead atoms. The van der Waals surface area contributed by atoms with E-state index in [1.165, 1.54) is 84.9 Å². The fraction of sp³-hybridized carbons (Fsp3) is 0.265. The predicted octanol–water partition coefficient (Wildman–Crippen LogP) is 14.8. The number of aromatic carboxylic acids is 2. The summed E-state index contributed by atoms with van der Waals surface area (Å²) in [5, 5.41) is 19.7. The van der Waals surface area contributed by atoms with Gasteiger partial charge in [-0.15, -0.1) is 0 Å². The second-order valence-corrected chi connectivity index (χ2v) is 23.3. The van der Waals surface area contributed by atoms with Gasteiger partial charge in [0, 0.05) is 57.3 Å². The number of ether oxygens (including phenoxy) is 6. The number of carbonyl (C=O) groups is 2. The molecular weight excluding hydrogens is 1250 g/mol. The van der Waals surface area contributed by atoms with E-state index in [0.29, 0.717) is 46.9 Å². The number of pyridine rings is 2. The second kappa shape index (κ2) is 27.9. The maximum absolute atomic E-state index is 15.7. The molecule has 476 valence electrons. The van der Waals surface area contributed by atoms with Crippen LogP contribution in [0.1, 0.15) is 94.4 Å². The summed E-state index contributed by atoms with van der Waals surface area (Å²) in [7, 11) is 0. The first-order chi connectivity index (χ1) is 44.1. The molecule has 92 heavy (non-hydrogen) atoms. The lowest BCUT2D eigenvalue weighted by atomic mass is 10.0. The Kier molecular flexibility index (Phi) is 19.6. The van der Waals surface area contributed by atoms with Gasteiger partial charge < -0.3 is 47.8 Å². The monoisotopic (exact) mass is 1300 g/mol. The van der Waals surface area contributed by atoms with Crippen molar-refractivity contribution in [2.75, 3.05) is 26.4 Å². The van der Waals surface area contributed by atoms with Crippen molar-refractivity contribution < 1.29 is 74.6 Å². The number of imidazole rings is 2. The smallest absolute Gasteiger partial charge is 0.335 e. The molecule has 6 heterocycles. The van der Waals surface area contributed by atoms with Gasteiger partial charge in [-0.3, -0.25) is 0 Å². The normalized spacial score (nSPS) is 16.4. The van der Waals surface area contributed by atoms with Gasteiger partial charge in [-0.1, -0.05) is 47.5 Å². The fourth-order valence-corrected chi connectivity index (χ4v) is 11.4. The lowest BCUT2D eigenvalue weighted by Crippen LogP contribution is -2.29. The largest absolute Gasteiger partial charge is 0.478 e. The molecule has 4 aromatic heterocycles. The van der Waals surface area contributed by atoms with Crippen molar-refractivity contribution in [3.63, 3.8) is 0 Å². The Morgan fingerprint density at radius 3 is 1.28 bits per heavy atom. The highest BCUT2D eigenvalue weighted by molar-refractivity contribution is 6.30. The average Bonchev–Trinajstić information content (AvgIpc) is 1.70. The minimum absolute atomic E-state index is 0.0436. The number of hydrogen-bond donors (Lipinski definition) is 2. The highest BCUT2D eigenvalue weighted by atomic mass is 35.5. The van der Waals surface area contributed by atoms with E-state index < -0.39 is 46.8 Å². The standard InChI is InChI=1S/2C34H29ClF3N3O5/c2*1-18(2)46-31-17-44-16-30(31)41-29-11-19(34(42)43)7-9-28(29)39-32(41)12-21-10-26(38)23(14-25(21)37)27-4-3-5-33(40-27)45-15-20-6-8-22(35)13-24(20)36/h2*3-11,13-14,18,30-31H,12,15-17H2,1-2H3,(H,42,43)/t2*30-,31+/m11/s1. The molecule has 2 aliphatic heterocycles. The van der Waals surface area contributed by atoms with Crippen molar-refractivity contribution in [2.45, 2.75) is 90.2 Å². The Bertz CT molecular complexity index is 4140. The molecule has 0 amide bonds. The molecular formula is C68H58Cl2F6N6O10. The van der Waals surface area contributed by atoms with Crippen LogP contribution in [-0.2, 0) is 45.0 Å². The van der Waals surface area contributed by atoms with Crippen LogP contribution in [0, 0.1) is 34.9 Å². The van der Waals surface area contributed by atoms with Crippen LogP contribution in [-0.4, -0.2) is 102 Å². The Balaban J connectivity index is 0.000000188. The number of aromatic nitrogens is 6. The van der Waals surface area contributed by atoms with Crippen LogP contribution in [0.5, 0.6) is 11.8 Å². The maximum atomic E-state index is 15.7. The molecule has 0 radical (unpaired) electrons. The topological polar surface area (TPSA) is 191 Å². The summed E-state index contributed by atoms with van der Waals surface area (Å²) in [4.78, 5) is 41.5. The quantitative estimate of drug-likeness (QED) is 0.0685. The third kappa shape index (κ3) is 14.6. The summed E-state index contributed by atoms with van der Waals surface area (Å²) in [5.74, 6) is -5.07. The van der Waals surface area contributed by atoms with Crippen LogP contribution in [0.3, 0.4) is 0 Å². The molecule has 4 atom stereocenters. The molecule has 0 saturated carbocycles. The van der Waals surface area contributed by atoms with E-state index in [9.17, 15) is 28.6 Å². The van der Waals surface area contributed by atoms with Gasteiger partial charge in [0.2, 0.25) is 11.8 Å². The van der Waals surface area contributed by atoms with Crippen LogP contribution in [0.25, 0.3) is 44.6 Å². The van der Waals surface area contributed by atoms with E-state index in [-0.39, 0.29) is 153 Å². The molecule has 12 rings (SSSR count). The molecule has 10 aromatic rings. The van der Waals surface area contributed by atoms with Crippen molar-refractivity contribution in [2.24, 2.45) is 0 Å². The zero-order chi connectivity index (χ0) is 65.1. The van der Waals surface area contributed by atoms with Crippen molar-refractivity contribution in [1.82, 2.24) is 29.1 Å². The van der Waals surface area contributed by atoms with Gasteiger partial charge in [0.05, 0.1) is 95.3 Å². The number of benzene rings is 6. The maximum Gasteiger partial charge on any atom is 0.335 e. The third-order valence-electron chi connectivity index (χ3n) is 15.3. The van der Waals surface area contributed by atoms with E-state index in [1.54, 1.807) is 24.3 Å². The van der Waals surface area contributed by atoms with Crippen LogP contribution < -0.4 is 9.47 Å². The molecule has 2 saturated heterocycles. The Morgan fingerprint density at radius 2 is 0.902 bits per heavy atom. The number of rotatable bonds is 20. The van der Waals surface area contributed by atoms with Gasteiger partial charge in [0.1, 0.15) is 72.0 Å². The van der Waals surface area contributed by atoms with E-state index in [1.807, 2.05) is 36.8 Å². The number of carboxylic acids is 2. The van der Waals surface area contributed by atoms with Gasteiger partial charge in [0.25, 0.3) is 0 Å². The number of nitrogens with zero attached hydrogens (tertiary/aromatic N) is 6. The Labute approximate surface area is 532 Å². The lowest BCUT2D eigenvalue weighted by Gasteiger charge is -2.24. The van der Waals surface area contributed by atoms with Crippen molar-refractivity contribution in [3.05, 3.63) is 223 Å². The van der Waals surface area contributed by atoms with Crippen LogP contribution in [0.2, 0.25) is 10.0 Å². The minimum Gasteiger partial charge on any atom is -0.478 e. The number of fused-ring (bicyclic) bond motifs is 2. The van der Waals surface area contributed by atoms with Gasteiger partial charge >= 0.3 is 11.9 Å². The summed E-state index contributed by atoms with van der Waals surface area (Å²) in [6, 6.07) is 30.4. The first-order valence-electron chi connectivity index (χ1n) is 29.1. The molecule has 0 aliphatic carbocycles. The van der Waals surface area contributed by atoms with Gasteiger partial charge in [-0.2, -0.15) is 0 Å². The highest BCUT2D eigenvalue weighted by Gasteiger charge is 2.36. The summed E-state index contributed by atoms with van der Waals surface area (Å²) in [6.45, 7) is 8.53. The van der Waals surface area contributed by atoms with Crippen molar-refractivity contribution in [3.8, 4) is 34.3 Å². The molecule has 0 spiro atoms.